The Kier molecular flexibility index (Phi) is 4.82. The smallest absolute Gasteiger partial charge is 0.177 e. The third-order valence-corrected chi connectivity index (χ3v) is 3.58. The maximum Gasteiger partial charge on any atom is 0.177 e. The lowest BCUT2D eigenvalue weighted by Gasteiger charge is -2.28. The van der Waals surface area contributed by atoms with Crippen molar-refractivity contribution in [2.24, 2.45) is 0 Å². The predicted octanol–water partition coefficient (Wildman–Crippen LogP) is 1.77. The molecule has 0 amide bonds. The van der Waals surface area contributed by atoms with E-state index in [2.05, 4.69) is 17.0 Å². The van der Waals surface area contributed by atoms with Crippen LogP contribution >= 0.6 is 0 Å². The van der Waals surface area contributed by atoms with Crippen molar-refractivity contribution in [3.05, 3.63) is 42.0 Å². The van der Waals surface area contributed by atoms with Gasteiger partial charge in [-0.15, -0.1) is 0 Å². The van der Waals surface area contributed by atoms with E-state index >= 15 is 0 Å². The summed E-state index contributed by atoms with van der Waals surface area (Å²) in [5.41, 5.74) is 1.16. The minimum absolute atomic E-state index is 0.165. The van der Waals surface area contributed by atoms with Crippen molar-refractivity contribution >= 4 is 6.08 Å². The highest BCUT2D eigenvalue weighted by molar-refractivity contribution is 5.49. The van der Waals surface area contributed by atoms with Crippen molar-refractivity contribution in [1.82, 2.24) is 4.90 Å². The molecule has 2 atom stereocenters. The van der Waals surface area contributed by atoms with E-state index in [-0.39, 0.29) is 12.4 Å². The van der Waals surface area contributed by atoms with E-state index < -0.39 is 0 Å². The first-order chi connectivity index (χ1) is 9.90. The Hall–Kier alpha value is -1.20. The highest BCUT2D eigenvalue weighted by Crippen LogP contribution is 2.16. The van der Waals surface area contributed by atoms with Gasteiger partial charge in [-0.05, 0) is 11.6 Å². The molecule has 2 saturated heterocycles. The van der Waals surface area contributed by atoms with Crippen LogP contribution in [0, 0.1) is 0 Å². The van der Waals surface area contributed by atoms with Gasteiger partial charge in [0.25, 0.3) is 0 Å². The van der Waals surface area contributed by atoms with Crippen LogP contribution in [0.1, 0.15) is 5.56 Å². The number of hydrogen-bond acceptors (Lipinski definition) is 4. The number of morpholine rings is 1. The van der Waals surface area contributed by atoms with Crippen LogP contribution in [0.4, 0.5) is 0 Å². The molecule has 0 aromatic heterocycles. The van der Waals surface area contributed by atoms with E-state index in [0.717, 1.165) is 38.4 Å². The van der Waals surface area contributed by atoms with Gasteiger partial charge in [0.2, 0.25) is 0 Å². The first kappa shape index (κ1) is 13.8. The first-order valence-electron chi connectivity index (χ1n) is 7.20. The molecule has 108 valence electrons. The van der Waals surface area contributed by atoms with Gasteiger partial charge in [0, 0.05) is 19.6 Å². The predicted molar refractivity (Wildman–Crippen MR) is 77.3 cm³/mol. The summed E-state index contributed by atoms with van der Waals surface area (Å²) in [6, 6.07) is 10.2. The Balaban J connectivity index is 1.46. The number of nitrogens with zero attached hydrogens (tertiary/aromatic N) is 1. The molecule has 20 heavy (non-hydrogen) atoms. The van der Waals surface area contributed by atoms with Crippen molar-refractivity contribution in [3.8, 4) is 0 Å². The molecule has 0 radical (unpaired) electrons. The van der Waals surface area contributed by atoms with Crippen LogP contribution in [-0.4, -0.2) is 56.7 Å². The van der Waals surface area contributed by atoms with Crippen molar-refractivity contribution in [2.75, 3.05) is 39.5 Å². The van der Waals surface area contributed by atoms with E-state index in [1.165, 1.54) is 0 Å². The lowest BCUT2D eigenvalue weighted by Crippen LogP contribution is -2.41. The molecular weight excluding hydrogens is 254 g/mol. The van der Waals surface area contributed by atoms with Crippen LogP contribution < -0.4 is 0 Å². The molecule has 0 N–H and O–H groups in total. The molecule has 1 aromatic rings. The topological polar surface area (TPSA) is 30.9 Å². The summed E-state index contributed by atoms with van der Waals surface area (Å²) in [5.74, 6) is 0. The monoisotopic (exact) mass is 275 g/mol. The number of hydrogen-bond donors (Lipinski definition) is 0. The van der Waals surface area contributed by atoms with Gasteiger partial charge in [0.1, 0.15) is 0 Å². The van der Waals surface area contributed by atoms with Gasteiger partial charge in [-0.1, -0.05) is 36.4 Å². The minimum atomic E-state index is -0.221. The van der Waals surface area contributed by atoms with Gasteiger partial charge in [0.05, 0.1) is 25.9 Å². The van der Waals surface area contributed by atoms with Gasteiger partial charge >= 0.3 is 0 Å². The van der Waals surface area contributed by atoms with Crippen LogP contribution in [-0.2, 0) is 14.2 Å². The molecule has 1 aromatic carbocycles. The van der Waals surface area contributed by atoms with Crippen molar-refractivity contribution in [1.29, 1.82) is 0 Å². The van der Waals surface area contributed by atoms with E-state index in [1.807, 2.05) is 30.4 Å². The zero-order chi connectivity index (χ0) is 13.6. The molecule has 3 rings (SSSR count). The summed E-state index contributed by atoms with van der Waals surface area (Å²) in [5, 5.41) is 0. The fourth-order valence-corrected chi connectivity index (χ4v) is 2.49. The molecule has 0 bridgehead atoms. The summed E-state index contributed by atoms with van der Waals surface area (Å²) >= 11 is 0. The van der Waals surface area contributed by atoms with Gasteiger partial charge in [-0.25, -0.2) is 0 Å². The Morgan fingerprint density at radius 3 is 2.75 bits per heavy atom. The molecule has 0 aliphatic carbocycles. The first-order valence-corrected chi connectivity index (χ1v) is 7.20. The van der Waals surface area contributed by atoms with Gasteiger partial charge in [-0.3, -0.25) is 4.90 Å². The van der Waals surface area contributed by atoms with E-state index in [1.54, 1.807) is 0 Å². The molecule has 0 spiro atoms. The number of benzene rings is 1. The van der Waals surface area contributed by atoms with Crippen molar-refractivity contribution < 1.29 is 14.2 Å². The minimum Gasteiger partial charge on any atom is -0.379 e. The quantitative estimate of drug-likeness (QED) is 0.838. The van der Waals surface area contributed by atoms with E-state index in [4.69, 9.17) is 14.2 Å². The third-order valence-electron chi connectivity index (χ3n) is 3.58. The molecule has 0 unspecified atom stereocenters. The van der Waals surface area contributed by atoms with Crippen LogP contribution in [0.3, 0.4) is 0 Å². The second-order valence-electron chi connectivity index (χ2n) is 5.14. The molecule has 4 nitrogen and oxygen atoms in total. The molecule has 2 fully saturated rings. The van der Waals surface area contributed by atoms with Crippen molar-refractivity contribution in [2.45, 2.75) is 12.4 Å². The van der Waals surface area contributed by atoms with Crippen LogP contribution in [0.5, 0.6) is 0 Å². The molecular formula is C16H21NO3. The molecule has 2 aliphatic rings. The zero-order valence-corrected chi connectivity index (χ0v) is 11.6. The standard InChI is InChI=1S/C16H21NO3/c1-2-4-14(5-3-1)6-7-16-19-13-15(20-16)12-17-8-10-18-11-9-17/h1-7,15-16H,8-13H2/b7-6+/t15-,16+/m0/s1. The van der Waals surface area contributed by atoms with Gasteiger partial charge in [0.15, 0.2) is 6.29 Å². The Morgan fingerprint density at radius 2 is 1.95 bits per heavy atom. The third kappa shape index (κ3) is 3.90. The SMILES string of the molecule is C(=C\[C@@H]1OC[C@H](CN2CCOCC2)O1)/c1ccccc1. The Bertz CT molecular complexity index is 429. The summed E-state index contributed by atoms with van der Waals surface area (Å²) in [7, 11) is 0. The highest BCUT2D eigenvalue weighted by atomic mass is 16.7. The normalized spacial score (nSPS) is 28.2. The maximum absolute atomic E-state index is 5.89. The molecule has 2 aliphatic heterocycles. The maximum atomic E-state index is 5.89. The molecule has 0 saturated carbocycles. The van der Waals surface area contributed by atoms with Crippen molar-refractivity contribution in [3.63, 3.8) is 0 Å². The van der Waals surface area contributed by atoms with Crippen LogP contribution in [0.2, 0.25) is 0 Å². The summed E-state index contributed by atoms with van der Waals surface area (Å²) in [4.78, 5) is 2.38. The molecule has 4 heteroatoms. The second-order valence-corrected chi connectivity index (χ2v) is 5.14. The number of rotatable bonds is 4. The lowest BCUT2D eigenvalue weighted by molar-refractivity contribution is -0.0340. The highest BCUT2D eigenvalue weighted by Gasteiger charge is 2.26. The van der Waals surface area contributed by atoms with E-state index in [0.29, 0.717) is 6.61 Å². The van der Waals surface area contributed by atoms with Crippen LogP contribution in [0.15, 0.2) is 36.4 Å². The summed E-state index contributed by atoms with van der Waals surface area (Å²) in [6.45, 7) is 5.23. The Morgan fingerprint density at radius 1 is 1.15 bits per heavy atom. The molecule has 2 heterocycles. The fourth-order valence-electron chi connectivity index (χ4n) is 2.49. The Labute approximate surface area is 119 Å². The summed E-state index contributed by atoms with van der Waals surface area (Å²) < 4.78 is 16.9. The second kappa shape index (κ2) is 6.99. The average Bonchev–Trinajstić information content (AvgIpc) is 2.95. The lowest BCUT2D eigenvalue weighted by atomic mass is 10.2. The fraction of sp³-hybridized carbons (Fsp3) is 0.500. The van der Waals surface area contributed by atoms with Gasteiger partial charge < -0.3 is 14.2 Å². The largest absolute Gasteiger partial charge is 0.379 e. The van der Waals surface area contributed by atoms with E-state index in [9.17, 15) is 0 Å². The van der Waals surface area contributed by atoms with Gasteiger partial charge in [-0.2, -0.15) is 0 Å². The zero-order valence-electron chi connectivity index (χ0n) is 11.6. The van der Waals surface area contributed by atoms with Crippen LogP contribution in [0.25, 0.3) is 6.08 Å². The number of ether oxygens (including phenoxy) is 3. The summed E-state index contributed by atoms with van der Waals surface area (Å²) in [6.07, 6.45) is 3.97. The average molecular weight is 275 g/mol.